The second kappa shape index (κ2) is 16.2. The van der Waals surface area contributed by atoms with Crippen LogP contribution in [0.1, 0.15) is 10.4 Å². The molecule has 0 aromatic heterocycles. The second-order valence-corrected chi connectivity index (χ2v) is 14.3. The van der Waals surface area contributed by atoms with E-state index in [4.69, 9.17) is 30.2 Å². The third-order valence-corrected chi connectivity index (χ3v) is 11.0. The molecule has 0 heterocycles. The zero-order valence-corrected chi connectivity index (χ0v) is 27.2. The number of carbonyl (C=O) groups is 2. The third-order valence-electron chi connectivity index (χ3n) is 6.75. The first-order chi connectivity index (χ1) is 22.9. The SMILES string of the molecule is O=C(Nc1ccc([N+](=O)[O-])cc1Cl)C(=C[P+](c1ccccc1)(c1ccccc1)c1ccccc1)NC(=O)c1ccccc1.[O-][Cl+3]([O-])([O-])[O-]. The Bertz CT molecular complexity index is 1790. The van der Waals surface area contributed by atoms with E-state index in [1.807, 2.05) is 96.8 Å². The average molecular weight is 706 g/mol. The van der Waals surface area contributed by atoms with Gasteiger partial charge in [-0.2, -0.15) is 0 Å². The molecule has 0 radical (unpaired) electrons. The number of rotatable bonds is 9. The van der Waals surface area contributed by atoms with Crippen LogP contribution in [0.25, 0.3) is 0 Å². The van der Waals surface area contributed by atoms with Crippen molar-refractivity contribution in [2.75, 3.05) is 5.32 Å². The van der Waals surface area contributed by atoms with Gasteiger partial charge >= 0.3 is 0 Å². The van der Waals surface area contributed by atoms with Gasteiger partial charge in [0.2, 0.25) is 0 Å². The molecule has 14 heteroatoms. The molecule has 0 aliphatic heterocycles. The number of hydrogen-bond acceptors (Lipinski definition) is 8. The van der Waals surface area contributed by atoms with Crippen molar-refractivity contribution in [3.63, 3.8) is 0 Å². The van der Waals surface area contributed by atoms with E-state index in [2.05, 4.69) is 10.6 Å². The highest BCUT2D eigenvalue weighted by Gasteiger charge is 2.45. The quantitative estimate of drug-likeness (QED) is 0.100. The third kappa shape index (κ3) is 9.54. The number of anilines is 1. The summed E-state index contributed by atoms with van der Waals surface area (Å²) in [6, 6.07) is 42.0. The number of nitrogens with one attached hydrogen (secondary N) is 2. The number of non-ortho nitro benzene ring substituents is 1. The minimum atomic E-state index is -4.94. The highest BCUT2D eigenvalue weighted by molar-refractivity contribution is 7.98. The van der Waals surface area contributed by atoms with Gasteiger partial charge in [-0.05, 0) is 54.6 Å². The smallest absolute Gasteiger partial charge is 0.275 e. The maximum atomic E-state index is 14.1. The van der Waals surface area contributed by atoms with E-state index in [1.165, 1.54) is 12.1 Å². The monoisotopic (exact) mass is 705 g/mol. The summed E-state index contributed by atoms with van der Waals surface area (Å²) < 4.78 is 34.0. The van der Waals surface area contributed by atoms with Crippen molar-refractivity contribution in [3.05, 3.63) is 172 Å². The zero-order valence-electron chi connectivity index (χ0n) is 24.8. The molecule has 0 fully saturated rings. The Morgan fingerprint density at radius 2 is 1.10 bits per heavy atom. The van der Waals surface area contributed by atoms with E-state index in [0.717, 1.165) is 22.0 Å². The van der Waals surface area contributed by atoms with Crippen molar-refractivity contribution in [2.24, 2.45) is 0 Å². The molecular weight excluding hydrogens is 680 g/mol. The van der Waals surface area contributed by atoms with Gasteiger partial charge < -0.3 is 10.6 Å². The molecule has 0 bridgehead atoms. The van der Waals surface area contributed by atoms with Gasteiger partial charge in [0.1, 0.15) is 34.7 Å². The van der Waals surface area contributed by atoms with Crippen molar-refractivity contribution >= 4 is 58.0 Å². The van der Waals surface area contributed by atoms with E-state index in [0.29, 0.717) is 5.56 Å². The second-order valence-electron chi connectivity index (χ2n) is 9.85. The fraction of sp³-hybridized carbons (Fsp3) is 0. The number of hydrogen-bond donors (Lipinski definition) is 2. The molecule has 0 spiro atoms. The normalized spacial score (nSPS) is 11.5. The summed E-state index contributed by atoms with van der Waals surface area (Å²) in [7, 11) is -7.65. The number of carbonyl (C=O) groups excluding carboxylic acids is 2. The van der Waals surface area contributed by atoms with Crippen LogP contribution in [-0.4, -0.2) is 16.7 Å². The van der Waals surface area contributed by atoms with Gasteiger partial charge in [-0.15, -0.1) is 10.2 Å². The van der Waals surface area contributed by atoms with Crippen molar-refractivity contribution in [2.45, 2.75) is 0 Å². The van der Waals surface area contributed by atoms with Crippen LogP contribution in [0.3, 0.4) is 0 Å². The molecule has 0 aliphatic carbocycles. The van der Waals surface area contributed by atoms with E-state index in [9.17, 15) is 19.7 Å². The Morgan fingerprint density at radius 3 is 1.50 bits per heavy atom. The highest BCUT2D eigenvalue weighted by Crippen LogP contribution is 2.57. The Labute approximate surface area is 283 Å². The molecule has 5 aromatic carbocycles. The zero-order chi connectivity index (χ0) is 34.7. The summed E-state index contributed by atoms with van der Waals surface area (Å²) in [6.45, 7) is 0. The number of nitro benzene ring substituents is 1. The molecule has 0 saturated carbocycles. The van der Waals surface area contributed by atoms with Crippen LogP contribution in [0, 0.1) is 20.4 Å². The predicted octanol–water partition coefficient (Wildman–Crippen LogP) is 1.70. The summed E-state index contributed by atoms with van der Waals surface area (Å²) in [4.78, 5) is 38.2. The molecular formula is C34H26Cl2N3O8P. The summed E-state index contributed by atoms with van der Waals surface area (Å²) in [6.07, 6.45) is 0. The Kier molecular flexibility index (Phi) is 12.1. The maximum absolute atomic E-state index is 14.1. The van der Waals surface area contributed by atoms with Gasteiger partial charge in [0, 0.05) is 17.7 Å². The van der Waals surface area contributed by atoms with Gasteiger partial charge in [-0.25, -0.2) is 18.6 Å². The summed E-state index contributed by atoms with van der Waals surface area (Å²) >= 11 is 6.33. The Morgan fingerprint density at radius 1 is 0.688 bits per heavy atom. The van der Waals surface area contributed by atoms with E-state index in [1.54, 1.807) is 30.3 Å². The minimum Gasteiger partial charge on any atom is -0.319 e. The van der Waals surface area contributed by atoms with Crippen molar-refractivity contribution in [1.82, 2.24) is 5.32 Å². The van der Waals surface area contributed by atoms with Crippen LogP contribution in [0.5, 0.6) is 0 Å². The van der Waals surface area contributed by atoms with Crippen LogP contribution in [0.2, 0.25) is 5.02 Å². The first kappa shape index (κ1) is 35.9. The fourth-order valence-electron chi connectivity index (χ4n) is 4.69. The highest BCUT2D eigenvalue weighted by atomic mass is 35.7. The lowest BCUT2D eigenvalue weighted by Crippen LogP contribution is -2.68. The van der Waals surface area contributed by atoms with Crippen LogP contribution in [0.15, 0.2) is 151 Å². The Hall–Kier alpha value is -4.97. The van der Waals surface area contributed by atoms with Gasteiger partial charge in [-0.1, -0.05) is 84.4 Å². The lowest BCUT2D eigenvalue weighted by atomic mass is 10.2. The van der Waals surface area contributed by atoms with Crippen molar-refractivity contribution in [1.29, 1.82) is 0 Å². The van der Waals surface area contributed by atoms with Crippen LogP contribution in [-0.2, 0) is 4.79 Å². The largest absolute Gasteiger partial charge is 0.319 e. The van der Waals surface area contributed by atoms with Gasteiger partial charge in [0.05, 0.1) is 15.6 Å². The lowest BCUT2D eigenvalue weighted by Gasteiger charge is -2.25. The molecule has 0 aliphatic rings. The first-order valence-electron chi connectivity index (χ1n) is 13.9. The lowest BCUT2D eigenvalue weighted by molar-refractivity contribution is -2.00. The van der Waals surface area contributed by atoms with Gasteiger partial charge in [-0.3, -0.25) is 19.7 Å². The van der Waals surface area contributed by atoms with Crippen LogP contribution < -0.4 is 45.2 Å². The number of nitrogens with zero attached hydrogens (tertiary/aromatic N) is 1. The van der Waals surface area contributed by atoms with Gasteiger partial charge in [0.15, 0.2) is 0 Å². The predicted molar refractivity (Wildman–Crippen MR) is 174 cm³/mol. The van der Waals surface area contributed by atoms with E-state index >= 15 is 0 Å². The standard InChI is InChI=1S/C34H25ClN3O4P.ClHO4/c35-30-23-26(38(41)42)21-22-31(30)36-34(40)32(37-33(39)25-13-5-1-6-14-25)24-43(27-15-7-2-8-16-27,28-17-9-3-10-18-28)29-19-11-4-12-20-29;2-1(3,4)5/h1-24H,(H-,36,37,39,40);(H,2,3,4,5). The number of nitro groups is 1. The molecule has 0 unspecified atom stereocenters. The molecule has 11 nitrogen and oxygen atoms in total. The molecule has 0 saturated heterocycles. The van der Waals surface area contributed by atoms with Crippen LogP contribution >= 0.6 is 18.9 Å². The van der Waals surface area contributed by atoms with Crippen molar-refractivity contribution < 1.29 is 43.4 Å². The van der Waals surface area contributed by atoms with E-state index in [-0.39, 0.29) is 22.1 Å². The number of halogens is 2. The van der Waals surface area contributed by atoms with Gasteiger partial charge in [0.25, 0.3) is 17.5 Å². The molecule has 5 aromatic rings. The molecule has 0 atom stereocenters. The molecule has 48 heavy (non-hydrogen) atoms. The average Bonchev–Trinajstić information content (AvgIpc) is 3.08. The number of benzene rings is 5. The first-order valence-corrected chi connectivity index (χ1v) is 17.4. The summed E-state index contributed by atoms with van der Waals surface area (Å²) in [5, 5.41) is 19.7. The molecule has 5 rings (SSSR count). The van der Waals surface area contributed by atoms with Crippen molar-refractivity contribution in [3.8, 4) is 0 Å². The van der Waals surface area contributed by atoms with E-state index < -0.39 is 34.2 Å². The molecule has 244 valence electrons. The summed E-state index contributed by atoms with van der Waals surface area (Å²) in [5.41, 5.74) is 0.337. The number of amides is 2. The van der Waals surface area contributed by atoms with Crippen LogP contribution in [0.4, 0.5) is 11.4 Å². The minimum absolute atomic E-state index is 0.00756. The summed E-state index contributed by atoms with van der Waals surface area (Å²) in [5.74, 6) is 0.749. The molecule has 2 amide bonds. The Balaban J connectivity index is 0.000000968. The maximum Gasteiger partial charge on any atom is 0.275 e. The topological polar surface area (TPSA) is 194 Å². The molecule has 2 N–H and O–H groups in total. The fourth-order valence-corrected chi connectivity index (χ4v) is 8.75.